The molecule has 0 bridgehead atoms. The van der Waals surface area contributed by atoms with E-state index in [9.17, 15) is 0 Å². The van der Waals surface area contributed by atoms with Crippen LogP contribution >= 0.6 is 0 Å². The van der Waals surface area contributed by atoms with Crippen molar-refractivity contribution in [3.63, 3.8) is 0 Å². The Bertz CT molecular complexity index is 645. The van der Waals surface area contributed by atoms with Gasteiger partial charge in [0.05, 0.1) is 0 Å². The van der Waals surface area contributed by atoms with Crippen LogP contribution in [0, 0.1) is 11.8 Å². The van der Waals surface area contributed by atoms with Crippen molar-refractivity contribution in [2.45, 2.75) is 6.42 Å². The average Bonchev–Trinajstić information content (AvgIpc) is 3.10. The molecule has 0 saturated carbocycles. The molecule has 2 atom stereocenters. The van der Waals surface area contributed by atoms with E-state index in [-0.39, 0.29) is 0 Å². The van der Waals surface area contributed by atoms with Gasteiger partial charge >= 0.3 is 0 Å². The predicted molar refractivity (Wildman–Crippen MR) is 85.4 cm³/mol. The van der Waals surface area contributed by atoms with Gasteiger partial charge in [-0.1, -0.05) is 36.4 Å². The maximum atomic E-state index is 5.84. The molecule has 2 aromatic carbocycles. The molecule has 1 aliphatic heterocycles. The van der Waals surface area contributed by atoms with Crippen LogP contribution in [0.1, 0.15) is 12.0 Å². The highest BCUT2D eigenvalue weighted by Gasteiger charge is 2.31. The lowest BCUT2D eigenvalue weighted by Crippen LogP contribution is -2.09. The minimum Gasteiger partial charge on any atom is -0.457 e. The van der Waals surface area contributed by atoms with Gasteiger partial charge in [-0.05, 0) is 60.2 Å². The fraction of sp³-hybridized carbons (Fsp3) is 0.263. The van der Waals surface area contributed by atoms with Crippen LogP contribution in [0.15, 0.2) is 60.7 Å². The molecular formula is C19H19NO. The van der Waals surface area contributed by atoms with Crippen molar-refractivity contribution in [2.24, 2.45) is 11.8 Å². The first kappa shape index (κ1) is 12.7. The van der Waals surface area contributed by atoms with Gasteiger partial charge in [-0.25, -0.2) is 0 Å². The Labute approximate surface area is 125 Å². The Morgan fingerprint density at radius 2 is 1.62 bits per heavy atom. The smallest absolute Gasteiger partial charge is 0.127 e. The molecule has 1 fully saturated rings. The summed E-state index contributed by atoms with van der Waals surface area (Å²) in [6, 6.07) is 18.4. The van der Waals surface area contributed by atoms with Gasteiger partial charge in [0.25, 0.3) is 0 Å². The molecule has 2 nitrogen and oxygen atoms in total. The van der Waals surface area contributed by atoms with Crippen LogP contribution in [-0.4, -0.2) is 13.1 Å². The van der Waals surface area contributed by atoms with Gasteiger partial charge in [0.2, 0.25) is 0 Å². The first-order valence-electron chi connectivity index (χ1n) is 7.63. The Kier molecular flexibility index (Phi) is 3.24. The van der Waals surface area contributed by atoms with Crippen molar-refractivity contribution in [3.8, 4) is 11.5 Å². The summed E-state index contributed by atoms with van der Waals surface area (Å²) in [7, 11) is 0. The van der Waals surface area contributed by atoms with E-state index in [1.165, 1.54) is 24.1 Å². The van der Waals surface area contributed by atoms with Crippen LogP contribution in [0.3, 0.4) is 0 Å². The molecule has 21 heavy (non-hydrogen) atoms. The van der Waals surface area contributed by atoms with E-state index in [1.54, 1.807) is 0 Å². The molecule has 1 N–H and O–H groups in total. The van der Waals surface area contributed by atoms with Gasteiger partial charge in [0.1, 0.15) is 11.5 Å². The highest BCUT2D eigenvalue weighted by molar-refractivity contribution is 5.69. The molecule has 2 heteroatoms. The van der Waals surface area contributed by atoms with E-state index < -0.39 is 0 Å². The van der Waals surface area contributed by atoms with E-state index in [0.717, 1.165) is 29.9 Å². The van der Waals surface area contributed by atoms with Crippen LogP contribution in [0.25, 0.3) is 5.57 Å². The molecule has 2 aromatic rings. The van der Waals surface area contributed by atoms with E-state index >= 15 is 0 Å². The largest absolute Gasteiger partial charge is 0.457 e. The van der Waals surface area contributed by atoms with Gasteiger partial charge < -0.3 is 10.1 Å². The van der Waals surface area contributed by atoms with Crippen molar-refractivity contribution >= 4 is 5.57 Å². The van der Waals surface area contributed by atoms with Crippen molar-refractivity contribution in [1.82, 2.24) is 5.32 Å². The van der Waals surface area contributed by atoms with Gasteiger partial charge in [-0.15, -0.1) is 0 Å². The zero-order valence-electron chi connectivity index (χ0n) is 12.0. The topological polar surface area (TPSA) is 21.3 Å². The quantitative estimate of drug-likeness (QED) is 0.912. The highest BCUT2D eigenvalue weighted by Crippen LogP contribution is 2.38. The number of fused-ring (bicyclic) bond motifs is 1. The molecule has 0 amide bonds. The molecule has 0 unspecified atom stereocenters. The van der Waals surface area contributed by atoms with Crippen LogP contribution < -0.4 is 10.1 Å². The third-order valence-electron chi connectivity index (χ3n) is 4.49. The number of hydrogen-bond acceptors (Lipinski definition) is 2. The second-order valence-corrected chi connectivity index (χ2v) is 5.92. The van der Waals surface area contributed by atoms with Crippen molar-refractivity contribution in [1.29, 1.82) is 0 Å². The third-order valence-corrected chi connectivity index (χ3v) is 4.49. The number of rotatable bonds is 3. The Morgan fingerprint density at radius 1 is 0.857 bits per heavy atom. The summed E-state index contributed by atoms with van der Waals surface area (Å²) in [5.41, 5.74) is 2.84. The number of hydrogen-bond donors (Lipinski definition) is 1. The van der Waals surface area contributed by atoms with Crippen LogP contribution in [-0.2, 0) is 0 Å². The maximum Gasteiger partial charge on any atom is 0.127 e. The zero-order valence-corrected chi connectivity index (χ0v) is 12.0. The molecule has 0 aromatic heterocycles. The van der Waals surface area contributed by atoms with Gasteiger partial charge in [0, 0.05) is 6.54 Å². The summed E-state index contributed by atoms with van der Waals surface area (Å²) >= 11 is 0. The number of para-hydroxylation sites is 1. The molecular weight excluding hydrogens is 258 g/mol. The van der Waals surface area contributed by atoms with Crippen LogP contribution in [0.4, 0.5) is 0 Å². The third kappa shape index (κ3) is 2.59. The predicted octanol–water partition coefficient (Wildman–Crippen LogP) is 4.10. The number of nitrogens with one attached hydrogen (secondary N) is 1. The lowest BCUT2D eigenvalue weighted by atomic mass is 9.98. The summed E-state index contributed by atoms with van der Waals surface area (Å²) in [6.07, 6.45) is 3.66. The molecule has 1 heterocycles. The molecule has 106 valence electrons. The summed E-state index contributed by atoms with van der Waals surface area (Å²) < 4.78 is 5.84. The fourth-order valence-electron chi connectivity index (χ4n) is 3.36. The lowest BCUT2D eigenvalue weighted by molar-refractivity contribution is 0.482. The Balaban J connectivity index is 1.49. The van der Waals surface area contributed by atoms with Crippen molar-refractivity contribution in [2.75, 3.05) is 13.1 Å². The van der Waals surface area contributed by atoms with Crippen LogP contribution in [0.2, 0.25) is 0 Å². The molecule has 1 aliphatic carbocycles. The molecule has 2 aliphatic rings. The zero-order chi connectivity index (χ0) is 14.1. The molecule has 0 radical (unpaired) electrons. The Morgan fingerprint density at radius 3 is 2.38 bits per heavy atom. The standard InChI is InChI=1S/C19H19NO/c1-2-4-18(5-3-1)21-19-8-6-14(7-9-19)15-10-16-12-20-13-17(16)11-15/h1-10,16-17,20H,11-13H2/t16-,17+/m0/s1. The van der Waals surface area contributed by atoms with E-state index in [0.29, 0.717) is 0 Å². The molecule has 0 spiro atoms. The van der Waals surface area contributed by atoms with Gasteiger partial charge in [0.15, 0.2) is 0 Å². The minimum absolute atomic E-state index is 0.736. The molecule has 1 saturated heterocycles. The summed E-state index contributed by atoms with van der Waals surface area (Å²) in [5.74, 6) is 3.32. The normalized spacial score (nSPS) is 23.7. The van der Waals surface area contributed by atoms with E-state index in [1.807, 2.05) is 30.3 Å². The number of allylic oxidation sites excluding steroid dienone is 1. The first-order chi connectivity index (χ1) is 10.4. The average molecular weight is 277 g/mol. The monoisotopic (exact) mass is 277 g/mol. The first-order valence-corrected chi connectivity index (χ1v) is 7.63. The number of benzene rings is 2. The minimum atomic E-state index is 0.736. The van der Waals surface area contributed by atoms with E-state index in [2.05, 4.69) is 35.7 Å². The summed E-state index contributed by atoms with van der Waals surface area (Å²) in [4.78, 5) is 0. The maximum absolute atomic E-state index is 5.84. The number of ether oxygens (including phenoxy) is 1. The van der Waals surface area contributed by atoms with Crippen molar-refractivity contribution < 1.29 is 4.74 Å². The second-order valence-electron chi connectivity index (χ2n) is 5.92. The lowest BCUT2D eigenvalue weighted by Gasteiger charge is -2.09. The SMILES string of the molecule is C1=C(c2ccc(Oc3ccccc3)cc2)C[C@@H]2CNC[C@H]12. The fourth-order valence-corrected chi connectivity index (χ4v) is 3.36. The van der Waals surface area contributed by atoms with Gasteiger partial charge in [-0.2, -0.15) is 0 Å². The van der Waals surface area contributed by atoms with Crippen LogP contribution in [0.5, 0.6) is 11.5 Å². The van der Waals surface area contributed by atoms with Crippen molar-refractivity contribution in [3.05, 3.63) is 66.2 Å². The summed E-state index contributed by atoms with van der Waals surface area (Å²) in [6.45, 7) is 2.31. The Hall–Kier alpha value is -2.06. The highest BCUT2D eigenvalue weighted by atomic mass is 16.5. The van der Waals surface area contributed by atoms with Gasteiger partial charge in [-0.3, -0.25) is 0 Å². The van der Waals surface area contributed by atoms with E-state index in [4.69, 9.17) is 4.74 Å². The second kappa shape index (κ2) is 5.38. The molecule has 4 rings (SSSR count). The summed E-state index contributed by atoms with van der Waals surface area (Å²) in [5, 5.41) is 3.47.